The van der Waals surface area contributed by atoms with Crippen molar-refractivity contribution in [3.63, 3.8) is 0 Å². The van der Waals surface area contributed by atoms with Crippen LogP contribution in [0, 0.1) is 11.8 Å². The maximum absolute atomic E-state index is 12.3. The van der Waals surface area contributed by atoms with E-state index in [9.17, 15) is 24.0 Å². The summed E-state index contributed by atoms with van der Waals surface area (Å²) in [4.78, 5) is 69.0. The summed E-state index contributed by atoms with van der Waals surface area (Å²) >= 11 is 0. The van der Waals surface area contributed by atoms with Crippen LogP contribution in [0.25, 0.3) is 0 Å². The molecule has 3 rings (SSSR count). The van der Waals surface area contributed by atoms with E-state index in [4.69, 9.17) is 23.8 Å². The predicted molar refractivity (Wildman–Crippen MR) is 126 cm³/mol. The van der Waals surface area contributed by atoms with Gasteiger partial charge in [0.2, 0.25) is 0 Å². The fourth-order valence-corrected chi connectivity index (χ4v) is 4.09. The van der Waals surface area contributed by atoms with Crippen LogP contribution >= 0.6 is 0 Å². The van der Waals surface area contributed by atoms with Gasteiger partial charge in [0.25, 0.3) is 11.8 Å². The topological polar surface area (TPSA) is 141 Å². The van der Waals surface area contributed by atoms with Gasteiger partial charge in [0, 0.05) is 26.2 Å². The number of carbonyl (C=O) groups excluding carboxylic acids is 5. The first kappa shape index (κ1) is 28.5. The second kappa shape index (κ2) is 14.6. The summed E-state index contributed by atoms with van der Waals surface area (Å²) in [5.41, 5.74) is 0. The Hall–Kier alpha value is -3.03. The lowest BCUT2D eigenvalue weighted by Gasteiger charge is -2.31. The number of hydroxylamine groups is 2. The number of fused-ring (bicyclic) bond motifs is 1. The number of ether oxygens (including phenoxy) is 4. The molecule has 2 aliphatic heterocycles. The highest BCUT2D eigenvalue weighted by Gasteiger charge is 2.49. The summed E-state index contributed by atoms with van der Waals surface area (Å²) in [6.07, 6.45) is 3.64. The number of nitrogens with zero attached hydrogens (tertiary/aromatic N) is 3. The first-order valence-electron chi connectivity index (χ1n) is 12.5. The lowest BCUT2D eigenvalue weighted by atomic mass is 9.85. The Morgan fingerprint density at radius 2 is 1.27 bits per heavy atom. The van der Waals surface area contributed by atoms with Gasteiger partial charge in [-0.05, 0) is 19.9 Å². The molecule has 13 heteroatoms. The largest absolute Gasteiger partial charge is 0.463 e. The highest BCUT2D eigenvalue weighted by molar-refractivity contribution is 6.05. The van der Waals surface area contributed by atoms with Gasteiger partial charge in [-0.2, -0.15) is 0 Å². The van der Waals surface area contributed by atoms with Gasteiger partial charge in [0.1, 0.15) is 13.2 Å². The predicted octanol–water partition coefficient (Wildman–Crippen LogP) is 0.136. The molecule has 0 aromatic carbocycles. The van der Waals surface area contributed by atoms with Crippen molar-refractivity contribution < 1.29 is 47.8 Å². The molecule has 0 bridgehead atoms. The Morgan fingerprint density at radius 1 is 0.757 bits per heavy atom. The SMILES string of the molecule is CN1CCN(C(=O)OCCOCCOCCOC(=O)CCC(=O)ON2C(=O)[C@H]3CC=CC[C@H]3C2=O)CC1. The minimum absolute atomic E-state index is 0.00399. The zero-order valence-corrected chi connectivity index (χ0v) is 21.1. The molecule has 3 aliphatic rings. The van der Waals surface area contributed by atoms with Gasteiger partial charge in [-0.3, -0.25) is 14.4 Å². The van der Waals surface area contributed by atoms with Crippen molar-refractivity contribution in [2.45, 2.75) is 25.7 Å². The molecule has 0 unspecified atom stereocenters. The van der Waals surface area contributed by atoms with Crippen LogP contribution in [0.4, 0.5) is 4.79 Å². The number of amides is 3. The van der Waals surface area contributed by atoms with Crippen molar-refractivity contribution in [2.75, 3.05) is 72.9 Å². The van der Waals surface area contributed by atoms with E-state index < -0.39 is 35.6 Å². The van der Waals surface area contributed by atoms with Gasteiger partial charge in [-0.1, -0.05) is 12.2 Å². The van der Waals surface area contributed by atoms with E-state index in [2.05, 4.69) is 4.90 Å². The number of imide groups is 1. The minimum Gasteiger partial charge on any atom is -0.463 e. The van der Waals surface area contributed by atoms with E-state index in [1.165, 1.54) is 0 Å². The van der Waals surface area contributed by atoms with Crippen LogP contribution < -0.4 is 0 Å². The van der Waals surface area contributed by atoms with Crippen molar-refractivity contribution in [3.05, 3.63) is 12.2 Å². The summed E-state index contributed by atoms with van der Waals surface area (Å²) < 4.78 is 20.8. The van der Waals surface area contributed by atoms with Crippen LogP contribution in [-0.4, -0.2) is 118 Å². The Morgan fingerprint density at radius 3 is 1.86 bits per heavy atom. The number of hydrogen-bond donors (Lipinski definition) is 0. The molecule has 0 aromatic rings. The molecule has 13 nitrogen and oxygen atoms in total. The van der Waals surface area contributed by atoms with Gasteiger partial charge in [0.15, 0.2) is 0 Å². The first-order chi connectivity index (χ1) is 17.9. The third-order valence-electron chi connectivity index (χ3n) is 6.27. The highest BCUT2D eigenvalue weighted by Crippen LogP contribution is 2.35. The molecule has 0 N–H and O–H groups in total. The minimum atomic E-state index is -0.854. The number of hydrogen-bond acceptors (Lipinski definition) is 11. The van der Waals surface area contributed by atoms with Crippen molar-refractivity contribution >= 4 is 29.8 Å². The molecule has 2 fully saturated rings. The van der Waals surface area contributed by atoms with Gasteiger partial charge >= 0.3 is 18.0 Å². The van der Waals surface area contributed by atoms with Crippen molar-refractivity contribution in [3.8, 4) is 0 Å². The van der Waals surface area contributed by atoms with E-state index in [1.807, 2.05) is 19.2 Å². The smallest absolute Gasteiger partial charge is 0.409 e. The molecule has 3 amide bonds. The van der Waals surface area contributed by atoms with Gasteiger partial charge in [-0.15, -0.1) is 5.06 Å². The molecule has 1 aliphatic carbocycles. The van der Waals surface area contributed by atoms with Crippen molar-refractivity contribution in [2.24, 2.45) is 11.8 Å². The Balaban J connectivity index is 1.13. The van der Waals surface area contributed by atoms with E-state index in [0.29, 0.717) is 31.0 Å². The average Bonchev–Trinajstić information content (AvgIpc) is 3.13. The third kappa shape index (κ3) is 8.79. The lowest BCUT2D eigenvalue weighted by molar-refractivity contribution is -0.199. The number of allylic oxidation sites excluding steroid dienone is 2. The average molecular weight is 526 g/mol. The summed E-state index contributed by atoms with van der Waals surface area (Å²) in [6.45, 7) is 4.06. The number of likely N-dealkylation sites (N-methyl/N-ethyl adjacent to an activating group) is 1. The molecular weight excluding hydrogens is 490 g/mol. The van der Waals surface area contributed by atoms with E-state index in [1.54, 1.807) is 4.90 Å². The zero-order chi connectivity index (χ0) is 26.6. The van der Waals surface area contributed by atoms with Gasteiger partial charge in [0.05, 0.1) is 51.1 Å². The van der Waals surface area contributed by atoms with Gasteiger partial charge in [-0.25, -0.2) is 9.59 Å². The number of esters is 1. The lowest BCUT2D eigenvalue weighted by Crippen LogP contribution is -2.47. The molecule has 206 valence electrons. The van der Waals surface area contributed by atoms with E-state index >= 15 is 0 Å². The van der Waals surface area contributed by atoms with Crippen LogP contribution in [0.15, 0.2) is 12.2 Å². The molecule has 2 heterocycles. The molecule has 37 heavy (non-hydrogen) atoms. The fraction of sp³-hybridized carbons (Fsp3) is 0.708. The van der Waals surface area contributed by atoms with Crippen LogP contribution in [0.5, 0.6) is 0 Å². The van der Waals surface area contributed by atoms with E-state index in [-0.39, 0.29) is 58.6 Å². The standard InChI is InChI=1S/C24H35N3O10/c1-25-8-10-26(11-9-25)24(32)36-17-15-34-13-12-33-14-16-35-20(28)6-7-21(29)37-27-22(30)18-4-2-3-5-19(18)23(27)31/h2-3,18-19H,4-17H2,1H3/t18-,19+. The van der Waals surface area contributed by atoms with Crippen molar-refractivity contribution in [1.82, 2.24) is 14.9 Å². The van der Waals surface area contributed by atoms with Gasteiger partial charge < -0.3 is 33.6 Å². The number of rotatable bonds is 13. The Bertz CT molecular complexity index is 830. The van der Waals surface area contributed by atoms with Crippen LogP contribution in [0.2, 0.25) is 0 Å². The van der Waals surface area contributed by atoms with Crippen LogP contribution in [0.3, 0.4) is 0 Å². The quantitative estimate of drug-likeness (QED) is 0.140. The maximum Gasteiger partial charge on any atom is 0.409 e. The maximum atomic E-state index is 12.3. The van der Waals surface area contributed by atoms with Crippen LogP contribution in [0.1, 0.15) is 25.7 Å². The second-order valence-electron chi connectivity index (χ2n) is 8.94. The molecule has 0 spiro atoms. The second-order valence-corrected chi connectivity index (χ2v) is 8.94. The molecule has 2 saturated heterocycles. The van der Waals surface area contributed by atoms with Crippen molar-refractivity contribution in [1.29, 1.82) is 0 Å². The summed E-state index contributed by atoms with van der Waals surface area (Å²) in [5, 5.41) is 0.531. The van der Waals surface area contributed by atoms with E-state index in [0.717, 1.165) is 13.1 Å². The summed E-state index contributed by atoms with van der Waals surface area (Å²) in [6, 6.07) is 0. The summed E-state index contributed by atoms with van der Waals surface area (Å²) in [7, 11) is 2.01. The molecular formula is C24H35N3O10. The zero-order valence-electron chi connectivity index (χ0n) is 21.1. The number of carbonyl (C=O) groups is 5. The monoisotopic (exact) mass is 525 g/mol. The fourth-order valence-electron chi connectivity index (χ4n) is 4.09. The van der Waals surface area contributed by atoms with Crippen LogP contribution in [-0.2, 0) is 43.0 Å². The molecule has 0 radical (unpaired) electrons. The third-order valence-corrected chi connectivity index (χ3v) is 6.27. The molecule has 0 saturated carbocycles. The normalized spacial score (nSPS) is 21.6. The number of piperazine rings is 1. The highest BCUT2D eigenvalue weighted by atomic mass is 16.7. The molecule has 2 atom stereocenters. The Labute approximate surface area is 215 Å². The summed E-state index contributed by atoms with van der Waals surface area (Å²) in [5.74, 6) is -3.52. The Kier molecular flexibility index (Phi) is 11.3. The molecule has 0 aromatic heterocycles. The first-order valence-corrected chi connectivity index (χ1v) is 12.5.